The smallest absolute Gasteiger partial charge is 0.0965 e. The van der Waals surface area contributed by atoms with E-state index in [9.17, 15) is 0 Å². The molecule has 1 N–H and O–H groups in total. The number of aromatic nitrogens is 3. The van der Waals surface area contributed by atoms with Gasteiger partial charge < -0.3 is 5.32 Å². The molecule has 2 rings (SSSR count). The molecule has 1 saturated carbocycles. The second kappa shape index (κ2) is 5.83. The zero-order valence-electron chi connectivity index (χ0n) is 12.1. The lowest BCUT2D eigenvalue weighted by atomic mass is 9.80. The molecule has 1 aromatic heterocycles. The van der Waals surface area contributed by atoms with Crippen LogP contribution in [0.3, 0.4) is 0 Å². The minimum absolute atomic E-state index is 0.491. The molecular weight excluding hydrogens is 224 g/mol. The van der Waals surface area contributed by atoms with Crippen molar-refractivity contribution in [1.82, 2.24) is 20.3 Å². The second-order valence-electron chi connectivity index (χ2n) is 6.30. The predicted octanol–water partition coefficient (Wildman–Crippen LogP) is 2.77. The summed E-state index contributed by atoms with van der Waals surface area (Å²) in [6.07, 6.45) is 5.95. The van der Waals surface area contributed by atoms with Gasteiger partial charge in [-0.3, -0.25) is 0 Å². The van der Waals surface area contributed by atoms with Gasteiger partial charge >= 0.3 is 0 Å². The van der Waals surface area contributed by atoms with Crippen molar-refractivity contribution in [2.45, 2.75) is 65.6 Å². The Bertz CT molecular complexity index is 362. The Kier molecular flexibility index (Phi) is 4.38. The number of hydrogen-bond donors (Lipinski definition) is 1. The fourth-order valence-electron chi connectivity index (χ4n) is 3.00. The van der Waals surface area contributed by atoms with Crippen molar-refractivity contribution in [3.8, 4) is 0 Å². The molecule has 102 valence electrons. The van der Waals surface area contributed by atoms with Gasteiger partial charge in [0, 0.05) is 12.6 Å². The van der Waals surface area contributed by atoms with Gasteiger partial charge in [-0.05, 0) is 31.1 Å². The summed E-state index contributed by atoms with van der Waals surface area (Å²) in [5.74, 6) is 1.61. The first-order valence-corrected chi connectivity index (χ1v) is 7.18. The van der Waals surface area contributed by atoms with E-state index in [-0.39, 0.29) is 0 Å². The van der Waals surface area contributed by atoms with E-state index in [0.717, 1.165) is 24.1 Å². The van der Waals surface area contributed by atoms with E-state index in [4.69, 9.17) is 0 Å². The van der Waals surface area contributed by atoms with Crippen LogP contribution in [0.4, 0.5) is 0 Å². The SMILES string of the molecule is CC1CC(C)CC(n2cc(CNC(C)C)nn2)C1. The molecular formula is C14H26N4. The second-order valence-corrected chi connectivity index (χ2v) is 6.30. The number of nitrogens with one attached hydrogen (secondary N) is 1. The van der Waals surface area contributed by atoms with Gasteiger partial charge in [0.15, 0.2) is 0 Å². The summed E-state index contributed by atoms with van der Waals surface area (Å²) in [6, 6.07) is 1.04. The number of nitrogens with zero attached hydrogens (tertiary/aromatic N) is 3. The van der Waals surface area contributed by atoms with E-state index in [2.05, 4.69) is 54.2 Å². The molecule has 0 radical (unpaired) electrons. The molecule has 1 heterocycles. The molecule has 0 spiro atoms. The number of rotatable bonds is 4. The lowest BCUT2D eigenvalue weighted by molar-refractivity contribution is 0.208. The maximum atomic E-state index is 4.31. The van der Waals surface area contributed by atoms with Gasteiger partial charge in [-0.25, -0.2) is 4.68 Å². The summed E-state index contributed by atoms with van der Waals surface area (Å²) >= 11 is 0. The minimum Gasteiger partial charge on any atom is -0.309 e. The molecule has 1 aliphatic rings. The van der Waals surface area contributed by atoms with Crippen molar-refractivity contribution in [3.05, 3.63) is 11.9 Å². The molecule has 4 heteroatoms. The molecule has 1 aromatic rings. The normalized spacial score (nSPS) is 28.8. The average molecular weight is 250 g/mol. The molecule has 0 saturated heterocycles. The van der Waals surface area contributed by atoms with Gasteiger partial charge in [-0.1, -0.05) is 32.9 Å². The van der Waals surface area contributed by atoms with Crippen LogP contribution in [0.25, 0.3) is 0 Å². The fraction of sp³-hybridized carbons (Fsp3) is 0.857. The van der Waals surface area contributed by atoms with Crippen LogP contribution in [0.5, 0.6) is 0 Å². The quantitative estimate of drug-likeness (QED) is 0.893. The van der Waals surface area contributed by atoms with Gasteiger partial charge in [0.25, 0.3) is 0 Å². The van der Waals surface area contributed by atoms with Crippen molar-refractivity contribution in [2.24, 2.45) is 11.8 Å². The van der Waals surface area contributed by atoms with Crippen molar-refractivity contribution in [2.75, 3.05) is 0 Å². The summed E-state index contributed by atoms with van der Waals surface area (Å²) in [6.45, 7) is 9.81. The minimum atomic E-state index is 0.491. The Morgan fingerprint density at radius 1 is 1.28 bits per heavy atom. The molecule has 2 unspecified atom stereocenters. The molecule has 18 heavy (non-hydrogen) atoms. The van der Waals surface area contributed by atoms with Crippen molar-refractivity contribution in [3.63, 3.8) is 0 Å². The molecule has 1 fully saturated rings. The topological polar surface area (TPSA) is 42.7 Å². The van der Waals surface area contributed by atoms with E-state index in [1.54, 1.807) is 0 Å². The Labute approximate surface area is 110 Å². The first kappa shape index (κ1) is 13.5. The highest BCUT2D eigenvalue weighted by atomic mass is 15.4. The summed E-state index contributed by atoms with van der Waals surface area (Å²) in [5.41, 5.74) is 1.05. The third-order valence-electron chi connectivity index (χ3n) is 3.78. The van der Waals surface area contributed by atoms with Crippen LogP contribution in [-0.4, -0.2) is 21.0 Å². The molecule has 1 aliphatic carbocycles. The molecule has 0 amide bonds. The molecule has 2 atom stereocenters. The summed E-state index contributed by atoms with van der Waals surface area (Å²) in [5, 5.41) is 12.0. The van der Waals surface area contributed by atoms with Gasteiger partial charge in [-0.2, -0.15) is 0 Å². The fourth-order valence-corrected chi connectivity index (χ4v) is 3.00. The van der Waals surface area contributed by atoms with Crippen LogP contribution in [0, 0.1) is 11.8 Å². The monoisotopic (exact) mass is 250 g/mol. The first-order valence-electron chi connectivity index (χ1n) is 7.18. The Balaban J connectivity index is 1.96. The maximum Gasteiger partial charge on any atom is 0.0965 e. The molecule has 0 aromatic carbocycles. The van der Waals surface area contributed by atoms with Gasteiger partial charge in [0.1, 0.15) is 0 Å². The Hall–Kier alpha value is -0.900. The zero-order chi connectivity index (χ0) is 13.1. The first-order chi connectivity index (χ1) is 8.54. The van der Waals surface area contributed by atoms with Gasteiger partial charge in [0.05, 0.1) is 17.9 Å². The standard InChI is InChI=1S/C14H26N4/c1-10(2)15-8-13-9-18(17-16-13)14-6-11(3)5-12(4)7-14/h9-12,14-15H,5-8H2,1-4H3. The molecule has 0 bridgehead atoms. The summed E-state index contributed by atoms with van der Waals surface area (Å²) < 4.78 is 2.09. The predicted molar refractivity (Wildman–Crippen MR) is 73.2 cm³/mol. The van der Waals surface area contributed by atoms with Gasteiger partial charge in [-0.15, -0.1) is 5.10 Å². The zero-order valence-corrected chi connectivity index (χ0v) is 12.1. The third kappa shape index (κ3) is 3.55. The van der Waals surface area contributed by atoms with Crippen LogP contribution < -0.4 is 5.32 Å². The van der Waals surface area contributed by atoms with E-state index in [1.165, 1.54) is 19.3 Å². The van der Waals surface area contributed by atoms with E-state index in [1.807, 2.05) is 0 Å². The lowest BCUT2D eigenvalue weighted by Crippen LogP contribution is -2.23. The van der Waals surface area contributed by atoms with Gasteiger partial charge in [0.2, 0.25) is 0 Å². The largest absolute Gasteiger partial charge is 0.309 e. The van der Waals surface area contributed by atoms with Crippen molar-refractivity contribution in [1.29, 1.82) is 0 Å². The van der Waals surface area contributed by atoms with E-state index >= 15 is 0 Å². The van der Waals surface area contributed by atoms with Crippen LogP contribution in [0.1, 0.15) is 58.7 Å². The maximum absolute atomic E-state index is 4.31. The molecule has 4 nitrogen and oxygen atoms in total. The van der Waals surface area contributed by atoms with E-state index in [0.29, 0.717) is 12.1 Å². The van der Waals surface area contributed by atoms with Crippen molar-refractivity contribution >= 4 is 0 Å². The Morgan fingerprint density at radius 3 is 2.56 bits per heavy atom. The van der Waals surface area contributed by atoms with E-state index < -0.39 is 0 Å². The lowest BCUT2D eigenvalue weighted by Gasteiger charge is -2.31. The Morgan fingerprint density at radius 2 is 1.94 bits per heavy atom. The summed E-state index contributed by atoms with van der Waals surface area (Å²) in [7, 11) is 0. The van der Waals surface area contributed by atoms with Crippen LogP contribution in [0.2, 0.25) is 0 Å². The number of hydrogen-bond acceptors (Lipinski definition) is 3. The van der Waals surface area contributed by atoms with Crippen molar-refractivity contribution < 1.29 is 0 Å². The van der Waals surface area contributed by atoms with Crippen LogP contribution >= 0.6 is 0 Å². The highest BCUT2D eigenvalue weighted by Crippen LogP contribution is 2.35. The highest BCUT2D eigenvalue weighted by Gasteiger charge is 2.25. The highest BCUT2D eigenvalue weighted by molar-refractivity contribution is 4.94. The average Bonchev–Trinajstić information content (AvgIpc) is 2.73. The van der Waals surface area contributed by atoms with Crippen LogP contribution in [0.15, 0.2) is 6.20 Å². The summed E-state index contributed by atoms with van der Waals surface area (Å²) in [4.78, 5) is 0. The molecule has 0 aliphatic heterocycles. The third-order valence-corrected chi connectivity index (χ3v) is 3.78. The van der Waals surface area contributed by atoms with Crippen LogP contribution in [-0.2, 0) is 6.54 Å².